The summed E-state index contributed by atoms with van der Waals surface area (Å²) in [6.45, 7) is 2.19. The van der Waals surface area contributed by atoms with Crippen molar-refractivity contribution in [3.8, 4) is 0 Å². The zero-order valence-corrected chi connectivity index (χ0v) is 9.33. The Kier molecular flexibility index (Phi) is 4.91. The predicted octanol–water partition coefficient (Wildman–Crippen LogP) is 3.00. The van der Waals surface area contributed by atoms with Crippen LogP contribution in [0.25, 0.3) is 0 Å². The SMILES string of the molecule is CCOC(=O)/C=C/Cc1ccc(Cl)cc1. The topological polar surface area (TPSA) is 26.3 Å². The van der Waals surface area contributed by atoms with E-state index in [2.05, 4.69) is 0 Å². The van der Waals surface area contributed by atoms with Crippen molar-refractivity contribution in [2.24, 2.45) is 0 Å². The van der Waals surface area contributed by atoms with E-state index in [1.807, 2.05) is 24.3 Å². The molecule has 2 nitrogen and oxygen atoms in total. The number of hydrogen-bond donors (Lipinski definition) is 0. The lowest BCUT2D eigenvalue weighted by atomic mass is 10.1. The third kappa shape index (κ3) is 4.66. The Bertz CT molecular complexity index is 341. The largest absolute Gasteiger partial charge is 0.463 e. The molecule has 0 fully saturated rings. The van der Waals surface area contributed by atoms with E-state index in [0.717, 1.165) is 5.56 Å². The van der Waals surface area contributed by atoms with Crippen molar-refractivity contribution < 1.29 is 9.53 Å². The molecule has 1 aromatic rings. The Morgan fingerprint density at radius 3 is 2.67 bits per heavy atom. The van der Waals surface area contributed by atoms with Gasteiger partial charge in [0.25, 0.3) is 0 Å². The maximum absolute atomic E-state index is 11.0. The molecular weight excluding hydrogens is 212 g/mol. The van der Waals surface area contributed by atoms with Crippen LogP contribution in [0.1, 0.15) is 12.5 Å². The lowest BCUT2D eigenvalue weighted by Crippen LogP contribution is -1.98. The van der Waals surface area contributed by atoms with Gasteiger partial charge in [-0.05, 0) is 31.0 Å². The van der Waals surface area contributed by atoms with Gasteiger partial charge in [0.2, 0.25) is 0 Å². The van der Waals surface area contributed by atoms with Crippen LogP contribution in [0.5, 0.6) is 0 Å². The first-order chi connectivity index (χ1) is 7.22. The highest BCUT2D eigenvalue weighted by molar-refractivity contribution is 6.30. The first-order valence-electron chi connectivity index (χ1n) is 4.80. The van der Waals surface area contributed by atoms with Crippen LogP contribution < -0.4 is 0 Å². The maximum Gasteiger partial charge on any atom is 0.330 e. The molecule has 0 saturated carbocycles. The fourth-order valence-corrected chi connectivity index (χ4v) is 1.23. The van der Waals surface area contributed by atoms with Gasteiger partial charge in [-0.15, -0.1) is 0 Å². The minimum absolute atomic E-state index is 0.300. The Labute approximate surface area is 94.5 Å². The standard InChI is InChI=1S/C12H13ClO2/c1-2-15-12(14)5-3-4-10-6-8-11(13)9-7-10/h3,5-9H,2,4H2,1H3/b5-3+. The van der Waals surface area contributed by atoms with Crippen LogP contribution in [0.2, 0.25) is 5.02 Å². The molecule has 15 heavy (non-hydrogen) atoms. The first-order valence-corrected chi connectivity index (χ1v) is 5.18. The van der Waals surface area contributed by atoms with Gasteiger partial charge in [-0.25, -0.2) is 4.79 Å². The van der Waals surface area contributed by atoms with Gasteiger partial charge in [0, 0.05) is 11.1 Å². The molecule has 0 aliphatic rings. The van der Waals surface area contributed by atoms with Gasteiger partial charge in [0.15, 0.2) is 0 Å². The van der Waals surface area contributed by atoms with Gasteiger partial charge in [0.1, 0.15) is 0 Å². The Morgan fingerprint density at radius 2 is 2.07 bits per heavy atom. The van der Waals surface area contributed by atoms with Crippen molar-refractivity contribution in [2.45, 2.75) is 13.3 Å². The van der Waals surface area contributed by atoms with Gasteiger partial charge in [-0.1, -0.05) is 29.8 Å². The fourth-order valence-electron chi connectivity index (χ4n) is 1.10. The minimum Gasteiger partial charge on any atom is -0.463 e. The summed E-state index contributed by atoms with van der Waals surface area (Å²) in [5.74, 6) is -0.300. The highest BCUT2D eigenvalue weighted by Gasteiger charge is 1.93. The fraction of sp³-hybridized carbons (Fsp3) is 0.250. The molecule has 0 saturated heterocycles. The molecule has 0 bridgehead atoms. The highest BCUT2D eigenvalue weighted by Crippen LogP contribution is 2.10. The van der Waals surface area contributed by atoms with Crippen LogP contribution in [0.4, 0.5) is 0 Å². The molecule has 80 valence electrons. The van der Waals surface area contributed by atoms with Crippen LogP contribution in [0.15, 0.2) is 36.4 Å². The number of rotatable bonds is 4. The monoisotopic (exact) mass is 224 g/mol. The lowest BCUT2D eigenvalue weighted by Gasteiger charge is -1.97. The van der Waals surface area contributed by atoms with E-state index in [1.165, 1.54) is 6.08 Å². The number of hydrogen-bond acceptors (Lipinski definition) is 2. The molecular formula is C12H13ClO2. The van der Waals surface area contributed by atoms with Crippen LogP contribution in [0, 0.1) is 0 Å². The summed E-state index contributed by atoms with van der Waals surface area (Å²) in [5.41, 5.74) is 1.11. The normalized spacial score (nSPS) is 10.5. The van der Waals surface area contributed by atoms with E-state index < -0.39 is 0 Å². The van der Waals surface area contributed by atoms with Gasteiger partial charge in [-0.3, -0.25) is 0 Å². The van der Waals surface area contributed by atoms with E-state index in [4.69, 9.17) is 16.3 Å². The third-order valence-corrected chi connectivity index (χ3v) is 2.06. The molecule has 0 heterocycles. The summed E-state index contributed by atoms with van der Waals surface area (Å²) in [6.07, 6.45) is 3.93. The van der Waals surface area contributed by atoms with Crippen molar-refractivity contribution in [2.75, 3.05) is 6.61 Å². The van der Waals surface area contributed by atoms with E-state index in [0.29, 0.717) is 18.1 Å². The van der Waals surface area contributed by atoms with E-state index in [-0.39, 0.29) is 5.97 Å². The maximum atomic E-state index is 11.0. The zero-order valence-electron chi connectivity index (χ0n) is 8.57. The Hall–Kier alpha value is -1.28. The summed E-state index contributed by atoms with van der Waals surface area (Å²) >= 11 is 5.75. The second-order valence-corrected chi connectivity index (χ2v) is 3.42. The van der Waals surface area contributed by atoms with Crippen molar-refractivity contribution >= 4 is 17.6 Å². The van der Waals surface area contributed by atoms with Gasteiger partial charge < -0.3 is 4.74 Å². The van der Waals surface area contributed by atoms with Gasteiger partial charge in [0.05, 0.1) is 6.61 Å². The molecule has 0 unspecified atom stereocenters. The molecule has 0 radical (unpaired) electrons. The van der Waals surface area contributed by atoms with Crippen LogP contribution in [-0.4, -0.2) is 12.6 Å². The smallest absolute Gasteiger partial charge is 0.330 e. The summed E-state index contributed by atoms with van der Waals surface area (Å²) in [4.78, 5) is 11.0. The molecule has 0 N–H and O–H groups in total. The van der Waals surface area contributed by atoms with E-state index in [9.17, 15) is 4.79 Å². The van der Waals surface area contributed by atoms with Crippen molar-refractivity contribution in [3.05, 3.63) is 47.0 Å². The van der Waals surface area contributed by atoms with Crippen molar-refractivity contribution in [1.82, 2.24) is 0 Å². The average molecular weight is 225 g/mol. The van der Waals surface area contributed by atoms with Crippen LogP contribution in [0.3, 0.4) is 0 Å². The number of benzene rings is 1. The third-order valence-electron chi connectivity index (χ3n) is 1.81. The van der Waals surface area contributed by atoms with Crippen LogP contribution >= 0.6 is 11.6 Å². The average Bonchev–Trinajstić information content (AvgIpc) is 2.21. The van der Waals surface area contributed by atoms with E-state index in [1.54, 1.807) is 13.0 Å². The summed E-state index contributed by atoms with van der Waals surface area (Å²) < 4.78 is 4.75. The summed E-state index contributed by atoms with van der Waals surface area (Å²) in [5, 5.41) is 0.716. The molecule has 3 heteroatoms. The lowest BCUT2D eigenvalue weighted by molar-refractivity contribution is -0.137. The number of esters is 1. The molecule has 0 atom stereocenters. The predicted molar refractivity (Wildman–Crippen MR) is 60.9 cm³/mol. The molecule has 0 spiro atoms. The molecule has 0 amide bonds. The Morgan fingerprint density at radius 1 is 1.40 bits per heavy atom. The highest BCUT2D eigenvalue weighted by atomic mass is 35.5. The van der Waals surface area contributed by atoms with Crippen molar-refractivity contribution in [3.63, 3.8) is 0 Å². The Balaban J connectivity index is 2.43. The first kappa shape index (κ1) is 11.8. The minimum atomic E-state index is -0.300. The number of ether oxygens (including phenoxy) is 1. The zero-order chi connectivity index (χ0) is 11.1. The molecule has 1 rings (SSSR count). The quantitative estimate of drug-likeness (QED) is 0.581. The van der Waals surface area contributed by atoms with Crippen molar-refractivity contribution in [1.29, 1.82) is 0 Å². The number of carbonyl (C=O) groups is 1. The molecule has 0 aliphatic carbocycles. The molecule has 0 aliphatic heterocycles. The summed E-state index contributed by atoms with van der Waals surface area (Å²) in [7, 11) is 0. The second-order valence-electron chi connectivity index (χ2n) is 2.99. The van der Waals surface area contributed by atoms with Crippen LogP contribution in [-0.2, 0) is 16.0 Å². The van der Waals surface area contributed by atoms with E-state index >= 15 is 0 Å². The second kappa shape index (κ2) is 6.25. The number of halogens is 1. The van der Waals surface area contributed by atoms with Gasteiger partial charge in [-0.2, -0.15) is 0 Å². The molecule has 1 aromatic carbocycles. The number of allylic oxidation sites excluding steroid dienone is 1. The molecule has 0 aromatic heterocycles. The summed E-state index contributed by atoms with van der Waals surface area (Å²) in [6, 6.07) is 7.51. The number of carbonyl (C=O) groups excluding carboxylic acids is 1. The van der Waals surface area contributed by atoms with Gasteiger partial charge >= 0.3 is 5.97 Å².